The molecule has 0 heterocycles. The number of hydrogen-bond acceptors (Lipinski definition) is 1. The fourth-order valence-electron chi connectivity index (χ4n) is 1.27. The molecule has 0 fully saturated rings. The highest BCUT2D eigenvalue weighted by atomic mass is 35.6. The fourth-order valence-corrected chi connectivity index (χ4v) is 1.92. The average Bonchev–Trinajstić information content (AvgIpc) is 2.15. The first-order chi connectivity index (χ1) is 7.64. The largest absolute Gasteiger partial charge is 0.380 e. The first kappa shape index (κ1) is 16.0. The van der Waals surface area contributed by atoms with Crippen LogP contribution in [0.2, 0.25) is 0 Å². The molecule has 0 aromatic heterocycles. The van der Waals surface area contributed by atoms with Gasteiger partial charge in [0.2, 0.25) is 7.59 Å². The molecule has 0 amide bonds. The lowest BCUT2D eigenvalue weighted by molar-refractivity contribution is 0.185. The number of alkyl halides is 6. The van der Waals surface area contributed by atoms with Crippen LogP contribution in [0.1, 0.15) is 16.7 Å². The Morgan fingerprint density at radius 2 is 1.29 bits per heavy atom. The maximum atomic E-state index is 5.81. The zero-order valence-corrected chi connectivity index (χ0v) is 13.2. The van der Waals surface area contributed by atoms with E-state index in [-0.39, 0.29) is 0 Å². The molecule has 1 aromatic carbocycles. The lowest BCUT2D eigenvalue weighted by atomic mass is 10.1. The Morgan fingerprint density at radius 3 is 1.59 bits per heavy atom. The quantitative estimate of drug-likeness (QED) is 0.637. The summed E-state index contributed by atoms with van der Waals surface area (Å²) >= 11 is 34.9. The van der Waals surface area contributed by atoms with Crippen LogP contribution in [0, 0.1) is 0 Å². The second-order valence-electron chi connectivity index (χ2n) is 3.35. The smallest absolute Gasteiger partial charge is 0.216 e. The van der Waals surface area contributed by atoms with Crippen molar-refractivity contribution in [3.8, 4) is 0 Å². The second-order valence-corrected chi connectivity index (χ2v) is 7.91. The Hall–Kier alpha value is 0.920. The molecule has 17 heavy (non-hydrogen) atoms. The summed E-state index contributed by atoms with van der Waals surface area (Å²) in [6, 6.07) is 4.92. The van der Waals surface area contributed by atoms with E-state index < -0.39 is 7.59 Å². The molecule has 1 aromatic rings. The molecule has 1 nitrogen and oxygen atoms in total. The standard InChI is InChI=1S/C10H8Cl6O/c1-17-5-6-2-7(9(11,12)13)4-8(3-6)10(14,15)16/h2-4H,5H2,1H3. The number of ether oxygens (including phenoxy) is 1. The maximum Gasteiger partial charge on any atom is 0.216 e. The summed E-state index contributed by atoms with van der Waals surface area (Å²) in [5.74, 6) is 0. The van der Waals surface area contributed by atoms with Gasteiger partial charge in [0.1, 0.15) is 0 Å². The van der Waals surface area contributed by atoms with E-state index in [1.54, 1.807) is 25.3 Å². The third-order valence-electron chi connectivity index (χ3n) is 1.96. The average molecular weight is 357 g/mol. The number of hydrogen-bond donors (Lipinski definition) is 0. The molecule has 0 saturated carbocycles. The van der Waals surface area contributed by atoms with Crippen molar-refractivity contribution in [1.29, 1.82) is 0 Å². The molecule has 0 aliphatic rings. The summed E-state index contributed by atoms with van der Waals surface area (Å²) in [7, 11) is 1.55. The normalized spacial score (nSPS) is 12.9. The minimum absolute atomic E-state index is 0.336. The highest BCUT2D eigenvalue weighted by molar-refractivity contribution is 6.67. The van der Waals surface area contributed by atoms with Gasteiger partial charge in [-0.3, -0.25) is 0 Å². The lowest BCUT2D eigenvalue weighted by Crippen LogP contribution is -2.08. The van der Waals surface area contributed by atoms with Crippen LogP contribution in [-0.2, 0) is 18.9 Å². The van der Waals surface area contributed by atoms with Gasteiger partial charge in [-0.05, 0) is 23.8 Å². The lowest BCUT2D eigenvalue weighted by Gasteiger charge is -2.18. The van der Waals surface area contributed by atoms with Gasteiger partial charge in [0, 0.05) is 18.2 Å². The monoisotopic (exact) mass is 354 g/mol. The topological polar surface area (TPSA) is 9.23 Å². The van der Waals surface area contributed by atoms with Crippen LogP contribution in [0.25, 0.3) is 0 Å². The molecule has 1 rings (SSSR count). The van der Waals surface area contributed by atoms with Gasteiger partial charge in [0.25, 0.3) is 0 Å². The van der Waals surface area contributed by atoms with Crippen molar-refractivity contribution in [3.05, 3.63) is 34.9 Å². The van der Waals surface area contributed by atoms with Crippen molar-refractivity contribution in [3.63, 3.8) is 0 Å². The van der Waals surface area contributed by atoms with Crippen molar-refractivity contribution < 1.29 is 4.74 Å². The molecular formula is C10H8Cl6O. The van der Waals surface area contributed by atoms with E-state index in [0.717, 1.165) is 5.56 Å². The second kappa shape index (κ2) is 5.92. The van der Waals surface area contributed by atoms with Crippen LogP contribution in [0.3, 0.4) is 0 Å². The van der Waals surface area contributed by atoms with Crippen LogP contribution < -0.4 is 0 Å². The predicted octanol–water partition coefficient (Wildman–Crippen LogP) is 5.49. The fraction of sp³-hybridized carbons (Fsp3) is 0.400. The Kier molecular flexibility index (Phi) is 5.56. The van der Waals surface area contributed by atoms with Crippen molar-refractivity contribution in [2.75, 3.05) is 7.11 Å². The Bertz CT molecular complexity index is 361. The molecule has 0 unspecified atom stereocenters. The Labute approximate surface area is 130 Å². The zero-order chi connectivity index (χ0) is 13.3. The van der Waals surface area contributed by atoms with Crippen LogP contribution in [0.5, 0.6) is 0 Å². The predicted molar refractivity (Wildman–Crippen MR) is 75.6 cm³/mol. The first-order valence-corrected chi connectivity index (χ1v) is 6.68. The Balaban J connectivity index is 3.29. The van der Waals surface area contributed by atoms with Gasteiger partial charge in [-0.1, -0.05) is 69.6 Å². The van der Waals surface area contributed by atoms with Gasteiger partial charge in [0.15, 0.2) is 0 Å². The summed E-state index contributed by atoms with van der Waals surface area (Å²) in [5.41, 5.74) is 1.62. The highest BCUT2D eigenvalue weighted by Gasteiger charge is 2.29. The molecule has 0 aliphatic carbocycles. The molecule has 0 spiro atoms. The van der Waals surface area contributed by atoms with Gasteiger partial charge in [0.05, 0.1) is 6.61 Å². The first-order valence-electron chi connectivity index (χ1n) is 4.42. The number of benzene rings is 1. The summed E-state index contributed by atoms with van der Waals surface area (Å²) in [4.78, 5) is 0. The van der Waals surface area contributed by atoms with Crippen LogP contribution in [-0.4, -0.2) is 7.11 Å². The molecule has 7 heteroatoms. The Morgan fingerprint density at radius 1 is 0.882 bits per heavy atom. The third kappa shape index (κ3) is 4.83. The van der Waals surface area contributed by atoms with Gasteiger partial charge < -0.3 is 4.74 Å². The van der Waals surface area contributed by atoms with Crippen molar-refractivity contribution in [2.24, 2.45) is 0 Å². The molecule has 0 aliphatic heterocycles. The van der Waals surface area contributed by atoms with Gasteiger partial charge in [-0.15, -0.1) is 0 Å². The van der Waals surface area contributed by atoms with E-state index in [0.29, 0.717) is 17.7 Å². The van der Waals surface area contributed by atoms with E-state index in [4.69, 9.17) is 74.3 Å². The summed E-state index contributed by atoms with van der Waals surface area (Å²) < 4.78 is 1.85. The number of methoxy groups -OCH3 is 1. The van der Waals surface area contributed by atoms with Gasteiger partial charge in [-0.2, -0.15) is 0 Å². The molecule has 0 atom stereocenters. The van der Waals surface area contributed by atoms with E-state index in [1.165, 1.54) is 0 Å². The molecule has 96 valence electrons. The minimum Gasteiger partial charge on any atom is -0.380 e. The minimum atomic E-state index is -1.57. The van der Waals surface area contributed by atoms with Crippen LogP contribution in [0.4, 0.5) is 0 Å². The molecule has 0 saturated heterocycles. The van der Waals surface area contributed by atoms with Crippen molar-refractivity contribution >= 4 is 69.6 Å². The SMILES string of the molecule is COCc1cc(C(Cl)(Cl)Cl)cc(C(Cl)(Cl)Cl)c1. The van der Waals surface area contributed by atoms with E-state index in [1.807, 2.05) is 0 Å². The van der Waals surface area contributed by atoms with Crippen molar-refractivity contribution in [1.82, 2.24) is 0 Å². The number of halogens is 6. The third-order valence-corrected chi connectivity index (χ3v) is 3.27. The van der Waals surface area contributed by atoms with E-state index in [2.05, 4.69) is 0 Å². The number of rotatable bonds is 2. The van der Waals surface area contributed by atoms with Crippen molar-refractivity contribution in [2.45, 2.75) is 14.2 Å². The molecule has 0 radical (unpaired) electrons. The van der Waals surface area contributed by atoms with Crippen LogP contribution >= 0.6 is 69.6 Å². The summed E-state index contributed by atoms with van der Waals surface area (Å²) in [6.45, 7) is 0.336. The summed E-state index contributed by atoms with van der Waals surface area (Å²) in [5, 5.41) is 0. The highest BCUT2D eigenvalue weighted by Crippen LogP contribution is 2.44. The molecule has 0 bridgehead atoms. The van der Waals surface area contributed by atoms with Gasteiger partial charge >= 0.3 is 0 Å². The summed E-state index contributed by atoms with van der Waals surface area (Å²) in [6.07, 6.45) is 0. The van der Waals surface area contributed by atoms with E-state index in [9.17, 15) is 0 Å². The molecular weight excluding hydrogens is 349 g/mol. The van der Waals surface area contributed by atoms with Gasteiger partial charge in [-0.25, -0.2) is 0 Å². The zero-order valence-electron chi connectivity index (χ0n) is 8.62. The maximum absolute atomic E-state index is 5.81. The van der Waals surface area contributed by atoms with E-state index >= 15 is 0 Å². The van der Waals surface area contributed by atoms with Crippen LogP contribution in [0.15, 0.2) is 18.2 Å². The molecule has 0 N–H and O–H groups in total.